The average Bonchev–Trinajstić information content (AvgIpc) is 2.78. The molecule has 0 aliphatic carbocycles. The zero-order valence-electron chi connectivity index (χ0n) is 12.4. The highest BCUT2D eigenvalue weighted by atomic mass is 16.4. The Kier molecular flexibility index (Phi) is 5.35. The van der Waals surface area contributed by atoms with Crippen LogP contribution < -0.4 is 5.32 Å². The molecule has 5 heteroatoms. The first-order valence-corrected chi connectivity index (χ1v) is 7.17. The number of carboxylic acid groups (broad SMARTS) is 1. The molecule has 0 aromatic carbocycles. The van der Waals surface area contributed by atoms with Crippen molar-refractivity contribution in [2.45, 2.75) is 71.0 Å². The molecule has 0 saturated carbocycles. The third-order valence-corrected chi connectivity index (χ3v) is 4.34. The molecule has 2 atom stereocenters. The summed E-state index contributed by atoms with van der Waals surface area (Å²) in [6.07, 6.45) is 3.21. The van der Waals surface area contributed by atoms with E-state index in [4.69, 9.17) is 0 Å². The van der Waals surface area contributed by atoms with Crippen LogP contribution in [0.3, 0.4) is 0 Å². The molecular formula is C14H26N2O3. The maximum atomic E-state index is 12.2. The fourth-order valence-electron chi connectivity index (χ4n) is 2.79. The maximum absolute atomic E-state index is 12.2. The van der Waals surface area contributed by atoms with Gasteiger partial charge in [0.05, 0.1) is 6.04 Å². The Balaban J connectivity index is 2.74. The van der Waals surface area contributed by atoms with Gasteiger partial charge in [-0.05, 0) is 39.5 Å². The van der Waals surface area contributed by atoms with E-state index in [1.54, 1.807) is 13.8 Å². The predicted octanol–water partition coefficient (Wildman–Crippen LogP) is 1.62. The van der Waals surface area contributed by atoms with Gasteiger partial charge in [0.2, 0.25) is 5.91 Å². The van der Waals surface area contributed by atoms with Crippen LogP contribution in [0.1, 0.15) is 53.4 Å². The van der Waals surface area contributed by atoms with E-state index in [0.717, 1.165) is 19.3 Å². The summed E-state index contributed by atoms with van der Waals surface area (Å²) >= 11 is 0. The lowest BCUT2D eigenvalue weighted by Crippen LogP contribution is -2.57. The smallest absolute Gasteiger partial charge is 0.323 e. The molecule has 1 saturated heterocycles. The summed E-state index contributed by atoms with van der Waals surface area (Å²) < 4.78 is 0. The van der Waals surface area contributed by atoms with E-state index in [1.165, 1.54) is 0 Å². The summed E-state index contributed by atoms with van der Waals surface area (Å²) in [6, 6.07) is -0.224. The molecule has 0 aromatic heterocycles. The van der Waals surface area contributed by atoms with Crippen molar-refractivity contribution in [1.29, 1.82) is 0 Å². The SMILES string of the molecule is CCC(CC)NC(=O)C(C)N1CCCC1(C)C(=O)O. The summed E-state index contributed by atoms with van der Waals surface area (Å²) in [5, 5.41) is 12.4. The Hall–Kier alpha value is -1.10. The van der Waals surface area contributed by atoms with E-state index < -0.39 is 17.6 Å². The highest BCUT2D eigenvalue weighted by molar-refractivity contribution is 5.84. The van der Waals surface area contributed by atoms with Gasteiger partial charge >= 0.3 is 5.97 Å². The standard InChI is InChI=1S/C14H26N2O3/c1-5-11(6-2)15-12(17)10(3)16-9-7-8-14(16,4)13(18)19/h10-11H,5-9H2,1-4H3,(H,15,17)(H,18,19). The average molecular weight is 270 g/mol. The van der Waals surface area contributed by atoms with Crippen LogP contribution >= 0.6 is 0 Å². The highest BCUT2D eigenvalue weighted by Crippen LogP contribution is 2.31. The van der Waals surface area contributed by atoms with Gasteiger partial charge in [-0.2, -0.15) is 0 Å². The van der Waals surface area contributed by atoms with Gasteiger partial charge in [-0.1, -0.05) is 13.8 Å². The summed E-state index contributed by atoms with van der Waals surface area (Å²) in [4.78, 5) is 25.5. The van der Waals surface area contributed by atoms with Crippen LogP contribution in [0.2, 0.25) is 0 Å². The summed E-state index contributed by atoms with van der Waals surface area (Å²) in [7, 11) is 0. The first kappa shape index (κ1) is 16.0. The largest absolute Gasteiger partial charge is 0.480 e. The monoisotopic (exact) mass is 270 g/mol. The molecule has 1 heterocycles. The number of hydrogen-bond donors (Lipinski definition) is 2. The molecule has 1 rings (SSSR count). The van der Waals surface area contributed by atoms with Crippen molar-refractivity contribution >= 4 is 11.9 Å². The van der Waals surface area contributed by atoms with E-state index in [2.05, 4.69) is 5.32 Å². The quantitative estimate of drug-likeness (QED) is 0.769. The zero-order chi connectivity index (χ0) is 14.6. The van der Waals surface area contributed by atoms with Crippen LogP contribution in [0, 0.1) is 0 Å². The molecule has 2 N–H and O–H groups in total. The Labute approximate surface area is 115 Å². The third-order valence-electron chi connectivity index (χ3n) is 4.34. The van der Waals surface area contributed by atoms with Crippen LogP contribution in [0.4, 0.5) is 0 Å². The van der Waals surface area contributed by atoms with Gasteiger partial charge in [0.1, 0.15) is 5.54 Å². The second-order valence-corrected chi connectivity index (χ2v) is 5.57. The van der Waals surface area contributed by atoms with Crippen LogP contribution in [0.5, 0.6) is 0 Å². The summed E-state index contributed by atoms with van der Waals surface area (Å²) in [5.74, 6) is -0.907. The van der Waals surface area contributed by atoms with Gasteiger partial charge in [-0.15, -0.1) is 0 Å². The number of amides is 1. The molecule has 2 unspecified atom stereocenters. The normalized spacial score (nSPS) is 25.5. The molecule has 1 fully saturated rings. The minimum absolute atomic E-state index is 0.0666. The van der Waals surface area contributed by atoms with Crippen molar-refractivity contribution in [3.8, 4) is 0 Å². The Morgan fingerprint density at radius 3 is 2.42 bits per heavy atom. The second kappa shape index (κ2) is 6.37. The van der Waals surface area contributed by atoms with Crippen molar-refractivity contribution in [2.75, 3.05) is 6.54 Å². The molecule has 5 nitrogen and oxygen atoms in total. The number of carboxylic acids is 1. The molecule has 110 valence electrons. The molecule has 0 aromatic rings. The Morgan fingerprint density at radius 1 is 1.37 bits per heavy atom. The van der Waals surface area contributed by atoms with E-state index in [1.807, 2.05) is 18.7 Å². The van der Waals surface area contributed by atoms with Crippen molar-refractivity contribution in [3.05, 3.63) is 0 Å². The molecule has 19 heavy (non-hydrogen) atoms. The number of carbonyl (C=O) groups is 2. The van der Waals surface area contributed by atoms with Crippen LogP contribution in [-0.2, 0) is 9.59 Å². The van der Waals surface area contributed by atoms with E-state index in [9.17, 15) is 14.7 Å². The molecule has 0 radical (unpaired) electrons. The number of hydrogen-bond acceptors (Lipinski definition) is 3. The molecule has 1 aliphatic rings. The number of aliphatic carboxylic acids is 1. The predicted molar refractivity (Wildman–Crippen MR) is 74.0 cm³/mol. The van der Waals surface area contributed by atoms with E-state index in [-0.39, 0.29) is 11.9 Å². The zero-order valence-corrected chi connectivity index (χ0v) is 12.4. The molecule has 1 amide bonds. The second-order valence-electron chi connectivity index (χ2n) is 5.57. The molecule has 0 bridgehead atoms. The van der Waals surface area contributed by atoms with Gasteiger partial charge in [0, 0.05) is 12.6 Å². The lowest BCUT2D eigenvalue weighted by molar-refractivity contribution is -0.151. The van der Waals surface area contributed by atoms with E-state index in [0.29, 0.717) is 13.0 Å². The number of nitrogens with one attached hydrogen (secondary N) is 1. The summed E-state index contributed by atoms with van der Waals surface area (Å²) in [6.45, 7) is 8.25. The fraction of sp³-hybridized carbons (Fsp3) is 0.857. The number of nitrogens with zero attached hydrogens (tertiary/aromatic N) is 1. The first-order chi connectivity index (χ1) is 8.86. The van der Waals surface area contributed by atoms with Crippen molar-refractivity contribution in [1.82, 2.24) is 10.2 Å². The van der Waals surface area contributed by atoms with Crippen molar-refractivity contribution in [3.63, 3.8) is 0 Å². The lowest BCUT2D eigenvalue weighted by atomic mass is 9.97. The molecule has 0 spiro atoms. The van der Waals surface area contributed by atoms with Gasteiger partial charge in [-0.3, -0.25) is 14.5 Å². The Morgan fingerprint density at radius 2 is 1.95 bits per heavy atom. The van der Waals surface area contributed by atoms with Gasteiger partial charge < -0.3 is 10.4 Å². The van der Waals surface area contributed by atoms with Gasteiger partial charge in [0.25, 0.3) is 0 Å². The number of likely N-dealkylation sites (tertiary alicyclic amines) is 1. The number of rotatable bonds is 6. The fourth-order valence-corrected chi connectivity index (χ4v) is 2.79. The minimum atomic E-state index is -0.912. The van der Waals surface area contributed by atoms with Crippen molar-refractivity contribution in [2.24, 2.45) is 0 Å². The maximum Gasteiger partial charge on any atom is 0.323 e. The number of carbonyl (C=O) groups excluding carboxylic acids is 1. The summed E-state index contributed by atoms with van der Waals surface area (Å²) in [5.41, 5.74) is -0.912. The lowest BCUT2D eigenvalue weighted by Gasteiger charge is -2.35. The Bertz CT molecular complexity index is 342. The molecule has 1 aliphatic heterocycles. The minimum Gasteiger partial charge on any atom is -0.480 e. The van der Waals surface area contributed by atoms with Crippen LogP contribution in [-0.4, -0.2) is 46.1 Å². The molecular weight excluding hydrogens is 244 g/mol. The van der Waals surface area contributed by atoms with Crippen molar-refractivity contribution < 1.29 is 14.7 Å². The van der Waals surface area contributed by atoms with E-state index >= 15 is 0 Å². The van der Waals surface area contributed by atoms with Crippen LogP contribution in [0.15, 0.2) is 0 Å². The highest BCUT2D eigenvalue weighted by Gasteiger charge is 2.46. The van der Waals surface area contributed by atoms with Gasteiger partial charge in [-0.25, -0.2) is 0 Å². The van der Waals surface area contributed by atoms with Crippen LogP contribution in [0.25, 0.3) is 0 Å². The first-order valence-electron chi connectivity index (χ1n) is 7.17. The van der Waals surface area contributed by atoms with Gasteiger partial charge in [0.15, 0.2) is 0 Å². The topological polar surface area (TPSA) is 69.6 Å². The third kappa shape index (κ3) is 3.26.